The summed E-state index contributed by atoms with van der Waals surface area (Å²) in [4.78, 5) is 24.2. The summed E-state index contributed by atoms with van der Waals surface area (Å²) in [5.41, 5.74) is 0.689. The summed E-state index contributed by atoms with van der Waals surface area (Å²) in [6.45, 7) is 3.80. The molecule has 0 aliphatic carbocycles. The van der Waals surface area contributed by atoms with Crippen molar-refractivity contribution >= 4 is 27.0 Å². The standard InChI is InChI=1S/C22H23NO6S/c1-3-4-5-19(23-30(26,27)18-11-6-15(2)7-12-18)22(25)28-17-10-8-16-9-13-21(24)29-20(16)14-17/h6-14,19,23H,3-5H2,1-2H3. The summed E-state index contributed by atoms with van der Waals surface area (Å²) >= 11 is 0. The third-order valence-corrected chi connectivity index (χ3v) is 6.06. The lowest BCUT2D eigenvalue weighted by atomic mass is 10.1. The molecule has 0 amide bonds. The van der Waals surface area contributed by atoms with Crippen LogP contribution < -0.4 is 15.1 Å². The molecule has 0 aliphatic heterocycles. The molecule has 3 aromatic rings. The zero-order valence-electron chi connectivity index (χ0n) is 16.8. The van der Waals surface area contributed by atoms with E-state index in [9.17, 15) is 18.0 Å². The first kappa shape index (κ1) is 21.7. The molecule has 0 aliphatic rings. The minimum atomic E-state index is -3.89. The van der Waals surface area contributed by atoms with Crippen LogP contribution in [0.5, 0.6) is 5.75 Å². The number of unbranched alkanes of at least 4 members (excludes halogenated alkanes) is 1. The highest BCUT2D eigenvalue weighted by Crippen LogP contribution is 2.21. The Kier molecular flexibility index (Phi) is 6.69. The van der Waals surface area contributed by atoms with Crippen LogP contribution in [0.3, 0.4) is 0 Å². The van der Waals surface area contributed by atoms with E-state index in [1.807, 2.05) is 13.8 Å². The Balaban J connectivity index is 1.81. The van der Waals surface area contributed by atoms with Crippen LogP contribution in [0.2, 0.25) is 0 Å². The third-order valence-electron chi connectivity index (χ3n) is 4.57. The summed E-state index contributed by atoms with van der Waals surface area (Å²) in [6.07, 6.45) is 1.73. The number of carbonyl (C=O) groups excluding carboxylic acids is 1. The van der Waals surface area contributed by atoms with Crippen LogP contribution in [-0.4, -0.2) is 20.4 Å². The fourth-order valence-electron chi connectivity index (χ4n) is 2.90. The summed E-state index contributed by atoms with van der Waals surface area (Å²) in [5.74, 6) is -0.561. The van der Waals surface area contributed by atoms with Crippen LogP contribution in [0, 0.1) is 6.92 Å². The molecule has 0 radical (unpaired) electrons. The molecule has 30 heavy (non-hydrogen) atoms. The second-order valence-corrected chi connectivity index (χ2v) is 8.72. The number of sulfonamides is 1. The molecule has 158 valence electrons. The highest BCUT2D eigenvalue weighted by atomic mass is 32.2. The van der Waals surface area contributed by atoms with Crippen LogP contribution in [0.15, 0.2) is 68.7 Å². The van der Waals surface area contributed by atoms with Gasteiger partial charge in [0.05, 0.1) is 4.90 Å². The van der Waals surface area contributed by atoms with Gasteiger partial charge in [-0.25, -0.2) is 18.0 Å². The normalized spacial score (nSPS) is 12.6. The minimum absolute atomic E-state index is 0.0786. The molecule has 0 spiro atoms. The Bertz CT molecular complexity index is 1200. The topological polar surface area (TPSA) is 103 Å². The highest BCUT2D eigenvalue weighted by molar-refractivity contribution is 7.89. The fraction of sp³-hybridized carbons (Fsp3) is 0.273. The van der Waals surface area contributed by atoms with E-state index in [1.165, 1.54) is 24.3 Å². The van der Waals surface area contributed by atoms with Crippen LogP contribution in [0.25, 0.3) is 11.0 Å². The van der Waals surface area contributed by atoms with Crippen molar-refractivity contribution in [3.8, 4) is 5.75 Å². The molecule has 2 aromatic carbocycles. The van der Waals surface area contributed by atoms with Gasteiger partial charge in [0.25, 0.3) is 0 Å². The van der Waals surface area contributed by atoms with Gasteiger partial charge in [-0.3, -0.25) is 0 Å². The predicted octanol–water partition coefficient (Wildman–Crippen LogP) is 3.54. The van der Waals surface area contributed by atoms with Crippen LogP contribution in [0.1, 0.15) is 31.7 Å². The van der Waals surface area contributed by atoms with Gasteiger partial charge >= 0.3 is 11.6 Å². The number of carbonyl (C=O) groups is 1. The minimum Gasteiger partial charge on any atom is -0.425 e. The Morgan fingerprint density at radius 3 is 2.50 bits per heavy atom. The number of esters is 1. The third kappa shape index (κ3) is 5.34. The molecule has 7 nitrogen and oxygen atoms in total. The maximum absolute atomic E-state index is 12.7. The first-order chi connectivity index (χ1) is 14.3. The quantitative estimate of drug-likeness (QED) is 0.334. The Morgan fingerprint density at radius 2 is 1.80 bits per heavy atom. The molecule has 1 aromatic heterocycles. The summed E-state index contributed by atoms with van der Waals surface area (Å²) in [5, 5.41) is 0.678. The molecule has 1 atom stereocenters. The van der Waals surface area contributed by atoms with Crippen molar-refractivity contribution in [2.75, 3.05) is 0 Å². The van der Waals surface area contributed by atoms with Gasteiger partial charge in [-0.2, -0.15) is 4.72 Å². The van der Waals surface area contributed by atoms with Crippen molar-refractivity contribution in [2.45, 2.75) is 44.0 Å². The van der Waals surface area contributed by atoms with E-state index in [1.54, 1.807) is 30.3 Å². The van der Waals surface area contributed by atoms with Gasteiger partial charge in [0.15, 0.2) is 0 Å². The van der Waals surface area contributed by atoms with Crippen molar-refractivity contribution in [3.05, 3.63) is 70.6 Å². The van der Waals surface area contributed by atoms with Crippen LogP contribution in [-0.2, 0) is 14.8 Å². The van der Waals surface area contributed by atoms with Gasteiger partial charge < -0.3 is 9.15 Å². The number of aryl methyl sites for hydroxylation is 1. The summed E-state index contributed by atoms with van der Waals surface area (Å²) < 4.78 is 38.4. The lowest BCUT2D eigenvalue weighted by molar-refractivity contribution is -0.136. The molecule has 8 heteroatoms. The number of ether oxygens (including phenoxy) is 1. The van der Waals surface area contributed by atoms with E-state index in [0.717, 1.165) is 12.0 Å². The van der Waals surface area contributed by atoms with Gasteiger partial charge in [0.2, 0.25) is 10.0 Å². The van der Waals surface area contributed by atoms with Crippen LogP contribution in [0.4, 0.5) is 0 Å². The van der Waals surface area contributed by atoms with Crippen molar-refractivity contribution < 1.29 is 22.4 Å². The average molecular weight is 429 g/mol. The maximum atomic E-state index is 12.7. The molecule has 1 unspecified atom stereocenters. The van der Waals surface area contributed by atoms with Crippen molar-refractivity contribution in [3.63, 3.8) is 0 Å². The van der Waals surface area contributed by atoms with Gasteiger partial charge in [-0.1, -0.05) is 37.5 Å². The molecule has 3 rings (SSSR count). The molecular weight excluding hydrogens is 406 g/mol. The second-order valence-electron chi connectivity index (χ2n) is 7.00. The second kappa shape index (κ2) is 9.23. The van der Waals surface area contributed by atoms with Gasteiger partial charge in [0, 0.05) is 17.5 Å². The van der Waals surface area contributed by atoms with Gasteiger partial charge in [0.1, 0.15) is 17.4 Å². The molecule has 1 heterocycles. The van der Waals surface area contributed by atoms with Gasteiger partial charge in [-0.15, -0.1) is 0 Å². The fourth-order valence-corrected chi connectivity index (χ4v) is 4.12. The summed E-state index contributed by atoms with van der Waals surface area (Å²) in [6, 6.07) is 12.9. The zero-order chi connectivity index (χ0) is 21.7. The van der Waals surface area contributed by atoms with E-state index in [2.05, 4.69) is 4.72 Å². The molecule has 1 N–H and O–H groups in total. The number of benzene rings is 2. The van der Waals surface area contributed by atoms with Crippen LogP contribution >= 0.6 is 0 Å². The van der Waals surface area contributed by atoms with E-state index in [4.69, 9.17) is 9.15 Å². The van der Waals surface area contributed by atoms with Crippen molar-refractivity contribution in [1.29, 1.82) is 0 Å². The first-order valence-corrected chi connectivity index (χ1v) is 11.1. The zero-order valence-corrected chi connectivity index (χ0v) is 17.6. The molecule has 0 saturated carbocycles. The molecule has 0 saturated heterocycles. The number of nitrogens with one attached hydrogen (secondary N) is 1. The monoisotopic (exact) mass is 429 g/mol. The van der Waals surface area contributed by atoms with E-state index < -0.39 is 27.7 Å². The van der Waals surface area contributed by atoms with Gasteiger partial charge in [-0.05, 0) is 43.7 Å². The lowest BCUT2D eigenvalue weighted by Crippen LogP contribution is -2.42. The highest BCUT2D eigenvalue weighted by Gasteiger charge is 2.27. The number of hydrogen-bond donors (Lipinski definition) is 1. The van der Waals surface area contributed by atoms with Crippen molar-refractivity contribution in [1.82, 2.24) is 4.72 Å². The Morgan fingerprint density at radius 1 is 1.10 bits per heavy atom. The predicted molar refractivity (Wildman–Crippen MR) is 113 cm³/mol. The van der Waals surface area contributed by atoms with Crippen molar-refractivity contribution in [2.24, 2.45) is 0 Å². The number of rotatable bonds is 8. The maximum Gasteiger partial charge on any atom is 0.336 e. The smallest absolute Gasteiger partial charge is 0.336 e. The van der Waals surface area contributed by atoms with E-state index in [-0.39, 0.29) is 16.2 Å². The Hall–Kier alpha value is -2.97. The SMILES string of the molecule is CCCCC(NS(=O)(=O)c1ccc(C)cc1)C(=O)Oc1ccc2ccc(=O)oc2c1. The first-order valence-electron chi connectivity index (χ1n) is 9.63. The largest absolute Gasteiger partial charge is 0.425 e. The molecule has 0 bridgehead atoms. The lowest BCUT2D eigenvalue weighted by Gasteiger charge is -2.17. The Labute approximate surface area is 174 Å². The number of hydrogen-bond acceptors (Lipinski definition) is 6. The molecule has 0 fully saturated rings. The average Bonchev–Trinajstić information content (AvgIpc) is 2.71. The van der Waals surface area contributed by atoms with E-state index in [0.29, 0.717) is 18.2 Å². The van der Waals surface area contributed by atoms with E-state index >= 15 is 0 Å². The number of fused-ring (bicyclic) bond motifs is 1. The summed E-state index contributed by atoms with van der Waals surface area (Å²) in [7, 11) is -3.89. The molecular formula is C22H23NO6S.